The van der Waals surface area contributed by atoms with Gasteiger partial charge in [-0.15, -0.1) is 0 Å². The van der Waals surface area contributed by atoms with Gasteiger partial charge in [-0.3, -0.25) is 9.78 Å². The van der Waals surface area contributed by atoms with Crippen LogP contribution in [-0.4, -0.2) is 15.9 Å². The molecule has 1 aliphatic carbocycles. The number of carbonyl (C=O) groups excluding carboxylic acids is 1. The van der Waals surface area contributed by atoms with Crippen LogP contribution in [0.5, 0.6) is 11.6 Å². The van der Waals surface area contributed by atoms with E-state index >= 15 is 0 Å². The van der Waals surface area contributed by atoms with E-state index in [9.17, 15) is 4.79 Å². The van der Waals surface area contributed by atoms with E-state index in [1.54, 1.807) is 48.9 Å². The van der Waals surface area contributed by atoms with Crippen LogP contribution in [0.4, 0.5) is 5.69 Å². The molecule has 0 unspecified atom stereocenters. The van der Waals surface area contributed by atoms with E-state index in [0.29, 0.717) is 17.5 Å². The number of aromatic nitrogens is 2. The molecule has 0 radical (unpaired) electrons. The number of rotatable bonds is 5. The van der Waals surface area contributed by atoms with Gasteiger partial charge < -0.3 is 10.1 Å². The van der Waals surface area contributed by atoms with Gasteiger partial charge in [0.25, 0.3) is 0 Å². The molecule has 1 saturated carbocycles. The Hall–Kier alpha value is -2.69. The first-order valence-electron chi connectivity index (χ1n) is 7.24. The predicted molar refractivity (Wildman–Crippen MR) is 83.7 cm³/mol. The second-order valence-electron chi connectivity index (χ2n) is 5.32. The Morgan fingerprint density at radius 3 is 2.68 bits per heavy atom. The number of nitrogens with one attached hydrogen (secondary N) is 1. The molecule has 5 nitrogen and oxygen atoms in total. The average Bonchev–Trinajstić information content (AvgIpc) is 3.35. The van der Waals surface area contributed by atoms with Crippen LogP contribution in [0.25, 0.3) is 0 Å². The van der Waals surface area contributed by atoms with Crippen LogP contribution in [0, 0.1) is 5.92 Å². The Morgan fingerprint density at radius 2 is 2.05 bits per heavy atom. The molecule has 3 rings (SSSR count). The quantitative estimate of drug-likeness (QED) is 0.857. The minimum atomic E-state index is -0.0907. The lowest BCUT2D eigenvalue weighted by atomic mass is 10.2. The Labute approximate surface area is 129 Å². The molecule has 5 heteroatoms. The number of carbonyl (C=O) groups is 1. The minimum absolute atomic E-state index is 0.0907. The fourth-order valence-corrected chi connectivity index (χ4v) is 2.11. The maximum Gasteiger partial charge on any atom is 0.248 e. The second-order valence-corrected chi connectivity index (χ2v) is 5.32. The number of anilines is 1. The van der Waals surface area contributed by atoms with Gasteiger partial charge >= 0.3 is 0 Å². The van der Waals surface area contributed by atoms with Gasteiger partial charge in [-0.25, -0.2) is 4.98 Å². The maximum atomic E-state index is 11.9. The molecule has 0 bridgehead atoms. The predicted octanol–water partition coefficient (Wildman–Crippen LogP) is 3.56. The van der Waals surface area contributed by atoms with E-state index in [1.165, 1.54) is 12.8 Å². The SMILES string of the molecule is C/C(=C/C(=O)Nc1ccc(Oc2cnccn2)cc1)C1CC1. The van der Waals surface area contributed by atoms with Crippen molar-refractivity contribution in [1.29, 1.82) is 0 Å². The molecule has 1 aromatic heterocycles. The van der Waals surface area contributed by atoms with Gasteiger partial charge in [0.2, 0.25) is 11.8 Å². The minimum Gasteiger partial charge on any atom is -0.438 e. The highest BCUT2D eigenvalue weighted by molar-refractivity contribution is 5.99. The van der Waals surface area contributed by atoms with Crippen LogP contribution in [0.1, 0.15) is 19.8 Å². The highest BCUT2D eigenvalue weighted by Crippen LogP contribution is 2.35. The Balaban J connectivity index is 1.59. The molecule has 1 heterocycles. The van der Waals surface area contributed by atoms with Gasteiger partial charge in [0.1, 0.15) is 5.75 Å². The summed E-state index contributed by atoms with van der Waals surface area (Å²) in [5, 5.41) is 2.85. The Morgan fingerprint density at radius 1 is 1.27 bits per heavy atom. The molecule has 0 aliphatic heterocycles. The van der Waals surface area contributed by atoms with Crippen molar-refractivity contribution in [2.45, 2.75) is 19.8 Å². The number of nitrogens with zero attached hydrogens (tertiary/aromatic N) is 2. The van der Waals surface area contributed by atoms with Crippen molar-refractivity contribution in [2.75, 3.05) is 5.32 Å². The second kappa shape index (κ2) is 6.39. The summed E-state index contributed by atoms with van der Waals surface area (Å²) in [5.74, 6) is 1.59. The molecule has 2 aromatic rings. The standard InChI is InChI=1S/C17H17N3O2/c1-12(13-2-3-13)10-16(21)20-14-4-6-15(7-5-14)22-17-11-18-8-9-19-17/h4-11,13H,2-3H2,1H3,(H,20,21)/b12-10-. The van der Waals surface area contributed by atoms with E-state index in [4.69, 9.17) is 4.74 Å². The van der Waals surface area contributed by atoms with E-state index in [0.717, 1.165) is 11.3 Å². The molecule has 1 amide bonds. The maximum absolute atomic E-state index is 11.9. The molecule has 0 spiro atoms. The van der Waals surface area contributed by atoms with Crippen LogP contribution in [0.15, 0.2) is 54.5 Å². The van der Waals surface area contributed by atoms with Crippen LogP contribution < -0.4 is 10.1 Å². The summed E-state index contributed by atoms with van der Waals surface area (Å²) in [6.07, 6.45) is 8.78. The van der Waals surface area contributed by atoms with Gasteiger partial charge in [-0.1, -0.05) is 5.57 Å². The molecule has 1 aliphatic rings. The summed E-state index contributed by atoms with van der Waals surface area (Å²) in [5.41, 5.74) is 1.89. The summed E-state index contributed by atoms with van der Waals surface area (Å²) in [6, 6.07) is 7.15. The van der Waals surface area contributed by atoms with Gasteiger partial charge in [0.05, 0.1) is 6.20 Å². The first kappa shape index (κ1) is 14.3. The number of ether oxygens (including phenoxy) is 1. The fourth-order valence-electron chi connectivity index (χ4n) is 2.11. The summed E-state index contributed by atoms with van der Waals surface area (Å²) >= 11 is 0. The third-order valence-corrected chi connectivity index (χ3v) is 3.46. The first-order chi connectivity index (χ1) is 10.7. The van der Waals surface area contributed by atoms with Gasteiger partial charge in [-0.05, 0) is 49.9 Å². The molecule has 1 N–H and O–H groups in total. The summed E-state index contributed by atoms with van der Waals surface area (Å²) in [7, 11) is 0. The lowest BCUT2D eigenvalue weighted by molar-refractivity contribution is -0.112. The van der Waals surface area contributed by atoms with Crippen LogP contribution >= 0.6 is 0 Å². The van der Waals surface area contributed by atoms with Gasteiger partial charge in [0.15, 0.2) is 0 Å². The van der Waals surface area contributed by atoms with Crippen molar-refractivity contribution in [3.63, 3.8) is 0 Å². The Bertz CT molecular complexity index is 677. The van der Waals surface area contributed by atoms with Gasteiger partial charge in [0, 0.05) is 24.2 Å². The third-order valence-electron chi connectivity index (χ3n) is 3.46. The summed E-state index contributed by atoms with van der Waals surface area (Å²) in [6.45, 7) is 2.01. The molecule has 1 aromatic carbocycles. The highest BCUT2D eigenvalue weighted by Gasteiger charge is 2.23. The van der Waals surface area contributed by atoms with Crippen molar-refractivity contribution in [2.24, 2.45) is 5.92 Å². The zero-order valence-corrected chi connectivity index (χ0v) is 12.3. The topological polar surface area (TPSA) is 64.1 Å². The van der Waals surface area contributed by atoms with E-state index in [2.05, 4.69) is 15.3 Å². The van der Waals surface area contributed by atoms with Crippen molar-refractivity contribution in [3.8, 4) is 11.6 Å². The molecular weight excluding hydrogens is 278 g/mol. The third kappa shape index (κ3) is 3.91. The van der Waals surface area contributed by atoms with Crippen molar-refractivity contribution < 1.29 is 9.53 Å². The zero-order valence-electron chi connectivity index (χ0n) is 12.3. The summed E-state index contributed by atoms with van der Waals surface area (Å²) in [4.78, 5) is 19.9. The Kier molecular flexibility index (Phi) is 4.14. The van der Waals surface area contributed by atoms with Gasteiger partial charge in [-0.2, -0.15) is 0 Å². The lowest BCUT2D eigenvalue weighted by Gasteiger charge is -2.06. The smallest absolute Gasteiger partial charge is 0.248 e. The van der Waals surface area contributed by atoms with Crippen molar-refractivity contribution >= 4 is 11.6 Å². The number of amides is 1. The van der Waals surface area contributed by atoms with Crippen LogP contribution in [0.2, 0.25) is 0 Å². The molecule has 1 fully saturated rings. The van der Waals surface area contributed by atoms with E-state index in [1.807, 2.05) is 6.92 Å². The zero-order chi connectivity index (χ0) is 15.4. The monoisotopic (exact) mass is 295 g/mol. The van der Waals surface area contributed by atoms with Crippen molar-refractivity contribution in [3.05, 3.63) is 54.5 Å². The number of hydrogen-bond donors (Lipinski definition) is 1. The van der Waals surface area contributed by atoms with Crippen LogP contribution in [-0.2, 0) is 4.79 Å². The van der Waals surface area contributed by atoms with E-state index < -0.39 is 0 Å². The largest absolute Gasteiger partial charge is 0.438 e. The van der Waals surface area contributed by atoms with Crippen molar-refractivity contribution in [1.82, 2.24) is 9.97 Å². The highest BCUT2D eigenvalue weighted by atomic mass is 16.5. The average molecular weight is 295 g/mol. The molecular formula is C17H17N3O2. The van der Waals surface area contributed by atoms with E-state index in [-0.39, 0.29) is 5.91 Å². The van der Waals surface area contributed by atoms with Crippen LogP contribution in [0.3, 0.4) is 0 Å². The molecule has 22 heavy (non-hydrogen) atoms. The first-order valence-corrected chi connectivity index (χ1v) is 7.24. The number of hydrogen-bond acceptors (Lipinski definition) is 4. The molecule has 0 atom stereocenters. The lowest BCUT2D eigenvalue weighted by Crippen LogP contribution is -2.08. The molecule has 0 saturated heterocycles. The number of benzene rings is 1. The number of allylic oxidation sites excluding steroid dienone is 1. The molecule has 112 valence electrons. The fraction of sp³-hybridized carbons (Fsp3) is 0.235. The summed E-state index contributed by atoms with van der Waals surface area (Å²) < 4.78 is 5.54. The normalized spacial score (nSPS) is 14.5.